The number of halogens is 3. The fourth-order valence-electron chi connectivity index (χ4n) is 2.00. The molecule has 0 aliphatic carbocycles. The standard InChI is InChI=1S/C18H13Cl3O4/c1-24-16-5-2-11(9-19)6-12(16)7-13(10-22)18(23)25-17-8-14(20)3-4-15(17)21/h2-8,10H,9H2,1H3/b13-7+. The summed E-state index contributed by atoms with van der Waals surface area (Å²) >= 11 is 17.6. The molecule has 0 saturated carbocycles. The highest BCUT2D eigenvalue weighted by Gasteiger charge is 2.15. The second kappa shape index (κ2) is 8.90. The summed E-state index contributed by atoms with van der Waals surface area (Å²) in [5.74, 6) is -0.0307. The van der Waals surface area contributed by atoms with E-state index in [-0.39, 0.29) is 22.2 Å². The van der Waals surface area contributed by atoms with E-state index in [4.69, 9.17) is 44.3 Å². The molecule has 0 bridgehead atoms. The predicted molar refractivity (Wildman–Crippen MR) is 98.7 cm³/mol. The van der Waals surface area contributed by atoms with Gasteiger partial charge < -0.3 is 9.47 Å². The smallest absolute Gasteiger partial charge is 0.346 e. The summed E-state index contributed by atoms with van der Waals surface area (Å²) in [6.07, 6.45) is 1.76. The maximum atomic E-state index is 12.3. The lowest BCUT2D eigenvalue weighted by Gasteiger charge is -2.09. The van der Waals surface area contributed by atoms with Crippen molar-refractivity contribution in [3.8, 4) is 11.5 Å². The number of carbonyl (C=O) groups is 2. The normalized spacial score (nSPS) is 11.1. The Bertz CT molecular complexity index is 831. The molecule has 0 spiro atoms. The average Bonchev–Trinajstić information content (AvgIpc) is 2.62. The molecule has 4 nitrogen and oxygen atoms in total. The van der Waals surface area contributed by atoms with Crippen LogP contribution in [0.3, 0.4) is 0 Å². The Hall–Kier alpha value is -2.01. The van der Waals surface area contributed by atoms with E-state index in [1.165, 1.54) is 25.3 Å². The summed E-state index contributed by atoms with van der Waals surface area (Å²) in [4.78, 5) is 23.6. The molecular formula is C18H13Cl3O4. The topological polar surface area (TPSA) is 52.6 Å². The number of carbonyl (C=O) groups excluding carboxylic acids is 2. The summed E-state index contributed by atoms with van der Waals surface area (Å²) in [6.45, 7) is 0. The Morgan fingerprint density at radius 2 is 1.88 bits per heavy atom. The molecule has 0 fully saturated rings. The third kappa shape index (κ3) is 4.98. The van der Waals surface area contributed by atoms with Crippen molar-refractivity contribution in [1.29, 1.82) is 0 Å². The summed E-state index contributed by atoms with van der Waals surface area (Å²) in [7, 11) is 1.48. The first-order valence-corrected chi connectivity index (χ1v) is 8.34. The largest absolute Gasteiger partial charge is 0.496 e. The molecule has 130 valence electrons. The molecule has 0 unspecified atom stereocenters. The third-order valence-electron chi connectivity index (χ3n) is 3.22. The molecule has 0 atom stereocenters. The third-order valence-corrected chi connectivity index (χ3v) is 4.07. The second-order valence-electron chi connectivity index (χ2n) is 4.89. The minimum atomic E-state index is -0.863. The second-order valence-corrected chi connectivity index (χ2v) is 6.00. The molecule has 2 aromatic rings. The van der Waals surface area contributed by atoms with Crippen molar-refractivity contribution in [3.63, 3.8) is 0 Å². The van der Waals surface area contributed by atoms with Gasteiger partial charge in [-0.2, -0.15) is 0 Å². The van der Waals surface area contributed by atoms with E-state index in [1.54, 1.807) is 24.3 Å². The lowest BCUT2D eigenvalue weighted by molar-refractivity contribution is -0.130. The van der Waals surface area contributed by atoms with Crippen LogP contribution in [0.15, 0.2) is 42.0 Å². The minimum absolute atomic E-state index is 0.0633. The van der Waals surface area contributed by atoms with E-state index >= 15 is 0 Å². The van der Waals surface area contributed by atoms with Gasteiger partial charge in [-0.05, 0) is 35.9 Å². The van der Waals surface area contributed by atoms with Crippen molar-refractivity contribution < 1.29 is 19.1 Å². The maximum Gasteiger partial charge on any atom is 0.346 e. The lowest BCUT2D eigenvalue weighted by atomic mass is 10.1. The minimum Gasteiger partial charge on any atom is -0.496 e. The van der Waals surface area contributed by atoms with Gasteiger partial charge in [0.2, 0.25) is 0 Å². The number of ether oxygens (including phenoxy) is 2. The molecule has 0 aromatic heterocycles. The number of esters is 1. The van der Waals surface area contributed by atoms with Crippen LogP contribution in [0.2, 0.25) is 10.0 Å². The van der Waals surface area contributed by atoms with Crippen LogP contribution in [0.25, 0.3) is 6.08 Å². The highest BCUT2D eigenvalue weighted by molar-refractivity contribution is 6.34. The number of hydrogen-bond acceptors (Lipinski definition) is 4. The van der Waals surface area contributed by atoms with Crippen LogP contribution in [-0.4, -0.2) is 19.4 Å². The number of aldehydes is 1. The summed E-state index contributed by atoms with van der Waals surface area (Å²) in [5.41, 5.74) is 1.13. The van der Waals surface area contributed by atoms with E-state index in [1.807, 2.05) is 0 Å². The predicted octanol–water partition coefficient (Wildman–Crippen LogP) is 4.93. The van der Waals surface area contributed by atoms with Gasteiger partial charge in [-0.25, -0.2) is 4.79 Å². The number of benzene rings is 2. The first-order chi connectivity index (χ1) is 12.0. The number of rotatable bonds is 6. The molecule has 0 amide bonds. The van der Waals surface area contributed by atoms with Gasteiger partial charge in [-0.15, -0.1) is 11.6 Å². The maximum absolute atomic E-state index is 12.3. The van der Waals surface area contributed by atoms with Gasteiger partial charge in [0.1, 0.15) is 11.3 Å². The Balaban J connectivity index is 2.35. The lowest BCUT2D eigenvalue weighted by Crippen LogP contribution is -2.12. The molecule has 0 heterocycles. The van der Waals surface area contributed by atoms with Gasteiger partial charge >= 0.3 is 5.97 Å². The molecule has 0 aliphatic rings. The average molecular weight is 400 g/mol. The highest BCUT2D eigenvalue weighted by atomic mass is 35.5. The summed E-state index contributed by atoms with van der Waals surface area (Å²) < 4.78 is 10.4. The van der Waals surface area contributed by atoms with Gasteiger partial charge in [-0.3, -0.25) is 4.79 Å². The van der Waals surface area contributed by atoms with Crippen LogP contribution in [-0.2, 0) is 15.5 Å². The van der Waals surface area contributed by atoms with Gasteiger partial charge in [-0.1, -0.05) is 29.3 Å². The van der Waals surface area contributed by atoms with Crippen molar-refractivity contribution in [2.24, 2.45) is 0 Å². The highest BCUT2D eigenvalue weighted by Crippen LogP contribution is 2.29. The van der Waals surface area contributed by atoms with Gasteiger partial charge in [0.05, 0.1) is 12.1 Å². The summed E-state index contributed by atoms with van der Waals surface area (Å²) in [5, 5.41) is 0.546. The molecular weight excluding hydrogens is 387 g/mol. The summed E-state index contributed by atoms with van der Waals surface area (Å²) in [6, 6.07) is 9.64. The van der Waals surface area contributed by atoms with Crippen molar-refractivity contribution in [1.82, 2.24) is 0 Å². The van der Waals surface area contributed by atoms with Crippen LogP contribution in [0, 0.1) is 0 Å². The van der Waals surface area contributed by atoms with E-state index in [2.05, 4.69) is 0 Å². The Morgan fingerprint density at radius 1 is 1.12 bits per heavy atom. The van der Waals surface area contributed by atoms with Crippen molar-refractivity contribution in [2.75, 3.05) is 7.11 Å². The first-order valence-electron chi connectivity index (χ1n) is 7.05. The molecule has 7 heteroatoms. The van der Waals surface area contributed by atoms with E-state index < -0.39 is 5.97 Å². The molecule has 2 aromatic carbocycles. The van der Waals surface area contributed by atoms with Gasteiger partial charge in [0, 0.05) is 22.5 Å². The van der Waals surface area contributed by atoms with E-state index in [0.717, 1.165) is 5.56 Å². The molecule has 0 saturated heterocycles. The number of hydrogen-bond donors (Lipinski definition) is 0. The Morgan fingerprint density at radius 3 is 2.52 bits per heavy atom. The molecule has 0 aliphatic heterocycles. The van der Waals surface area contributed by atoms with Crippen molar-refractivity contribution in [2.45, 2.75) is 5.88 Å². The molecule has 25 heavy (non-hydrogen) atoms. The SMILES string of the molecule is COc1ccc(CCl)cc1/C=C(\C=O)C(=O)Oc1cc(Cl)ccc1Cl. The number of alkyl halides is 1. The van der Waals surface area contributed by atoms with Gasteiger partial charge in [0.15, 0.2) is 12.0 Å². The zero-order valence-corrected chi connectivity index (χ0v) is 15.4. The first kappa shape index (κ1) is 19.3. The molecule has 0 N–H and O–H groups in total. The van der Waals surface area contributed by atoms with Crippen LogP contribution in [0.5, 0.6) is 11.5 Å². The van der Waals surface area contributed by atoms with E-state index in [9.17, 15) is 9.59 Å². The van der Waals surface area contributed by atoms with Gasteiger partial charge in [0.25, 0.3) is 0 Å². The van der Waals surface area contributed by atoms with Crippen LogP contribution < -0.4 is 9.47 Å². The van der Waals surface area contributed by atoms with Crippen LogP contribution in [0.1, 0.15) is 11.1 Å². The Kier molecular flexibility index (Phi) is 6.88. The Labute approximate surface area is 159 Å². The van der Waals surface area contributed by atoms with E-state index in [0.29, 0.717) is 22.6 Å². The fraction of sp³-hybridized carbons (Fsp3) is 0.111. The quantitative estimate of drug-likeness (QED) is 0.131. The van der Waals surface area contributed by atoms with Crippen LogP contribution >= 0.6 is 34.8 Å². The van der Waals surface area contributed by atoms with Crippen molar-refractivity contribution in [3.05, 3.63) is 63.1 Å². The zero-order chi connectivity index (χ0) is 18.4. The zero-order valence-electron chi connectivity index (χ0n) is 13.1. The van der Waals surface area contributed by atoms with Crippen molar-refractivity contribution >= 4 is 53.1 Å². The monoisotopic (exact) mass is 398 g/mol. The molecule has 0 radical (unpaired) electrons. The van der Waals surface area contributed by atoms with Crippen LogP contribution in [0.4, 0.5) is 0 Å². The fourth-order valence-corrected chi connectivity index (χ4v) is 2.49. The molecule has 2 rings (SSSR count). The number of methoxy groups -OCH3 is 1.